The molecule has 5 nitrogen and oxygen atoms in total. The van der Waals surface area contributed by atoms with Gasteiger partial charge < -0.3 is 4.90 Å². The van der Waals surface area contributed by atoms with Gasteiger partial charge in [-0.1, -0.05) is 30.7 Å². The fourth-order valence-corrected chi connectivity index (χ4v) is 6.06. The second kappa shape index (κ2) is 7.44. The van der Waals surface area contributed by atoms with Crippen molar-refractivity contribution in [1.29, 1.82) is 0 Å². The maximum absolute atomic E-state index is 12.9. The lowest BCUT2D eigenvalue weighted by Gasteiger charge is -2.34. The topological polar surface area (TPSA) is 67.3 Å². The van der Waals surface area contributed by atoms with E-state index in [1.165, 1.54) is 11.8 Å². The van der Waals surface area contributed by atoms with Crippen LogP contribution in [-0.2, 0) is 14.6 Å². The van der Waals surface area contributed by atoms with Crippen molar-refractivity contribution in [3.63, 3.8) is 0 Å². The van der Waals surface area contributed by atoms with Crippen LogP contribution in [0.4, 0.5) is 0 Å². The first-order valence-electron chi connectivity index (χ1n) is 8.52. The van der Waals surface area contributed by atoms with E-state index in [1.807, 2.05) is 24.0 Å². The van der Waals surface area contributed by atoms with Gasteiger partial charge in [0.25, 0.3) is 0 Å². The fraction of sp³-hybridized carbons (Fsp3) is 0.647. The summed E-state index contributed by atoms with van der Waals surface area (Å²) >= 11 is 1.43. The molecule has 1 unspecified atom stereocenters. The molecule has 1 atom stereocenters. The molecule has 0 N–H and O–H groups in total. The molecule has 7 heteroatoms. The van der Waals surface area contributed by atoms with Crippen LogP contribution in [0.1, 0.15) is 37.7 Å². The summed E-state index contributed by atoms with van der Waals surface area (Å²) in [5.74, 6) is 0.712. The number of sulfone groups is 1. The average Bonchev–Trinajstić information content (AvgIpc) is 3.17. The van der Waals surface area contributed by atoms with Crippen LogP contribution in [0.25, 0.3) is 0 Å². The zero-order chi connectivity index (χ0) is 17.2. The highest BCUT2D eigenvalue weighted by atomic mass is 32.2. The van der Waals surface area contributed by atoms with E-state index in [-0.39, 0.29) is 29.5 Å². The lowest BCUT2D eigenvalue weighted by molar-refractivity contribution is -0.132. The normalized spacial score (nSPS) is 23.5. The third-order valence-corrected chi connectivity index (χ3v) is 7.51. The number of hydrogen-bond acceptors (Lipinski definition) is 5. The molecule has 3 rings (SSSR count). The largest absolute Gasteiger partial charge is 0.335 e. The van der Waals surface area contributed by atoms with E-state index >= 15 is 0 Å². The number of carbonyl (C=O) groups is 1. The van der Waals surface area contributed by atoms with Crippen LogP contribution in [0.3, 0.4) is 0 Å². The Morgan fingerprint density at radius 1 is 1.25 bits per heavy atom. The van der Waals surface area contributed by atoms with Gasteiger partial charge in [-0.3, -0.25) is 4.79 Å². The van der Waals surface area contributed by atoms with Crippen molar-refractivity contribution in [3.05, 3.63) is 23.9 Å². The van der Waals surface area contributed by atoms with E-state index in [0.29, 0.717) is 12.2 Å². The average molecular weight is 369 g/mol. The zero-order valence-corrected chi connectivity index (χ0v) is 15.6. The third-order valence-electron chi connectivity index (χ3n) is 4.84. The third kappa shape index (κ3) is 4.30. The van der Waals surface area contributed by atoms with Gasteiger partial charge in [0.2, 0.25) is 5.91 Å². The van der Waals surface area contributed by atoms with Gasteiger partial charge in [-0.05, 0) is 37.8 Å². The summed E-state index contributed by atoms with van der Waals surface area (Å²) in [6, 6.07) is 3.98. The molecule has 0 radical (unpaired) electrons. The zero-order valence-electron chi connectivity index (χ0n) is 14.0. The SMILES string of the molecule is Cc1ccc(SCC(=O)N(C2CCCC2)C2CCS(=O)(=O)C2)nc1. The molecular weight excluding hydrogens is 344 g/mol. The molecule has 1 aromatic rings. The lowest BCUT2D eigenvalue weighted by Crippen LogP contribution is -2.47. The van der Waals surface area contributed by atoms with Gasteiger partial charge in [0.1, 0.15) is 0 Å². The van der Waals surface area contributed by atoms with Crippen molar-refractivity contribution in [3.8, 4) is 0 Å². The molecule has 0 spiro atoms. The van der Waals surface area contributed by atoms with Crippen LogP contribution < -0.4 is 0 Å². The number of rotatable bonds is 5. The highest BCUT2D eigenvalue weighted by molar-refractivity contribution is 7.99. The summed E-state index contributed by atoms with van der Waals surface area (Å²) in [6.45, 7) is 1.98. The maximum atomic E-state index is 12.9. The molecule has 132 valence electrons. The molecule has 1 aliphatic carbocycles. The van der Waals surface area contributed by atoms with Crippen molar-refractivity contribution in [1.82, 2.24) is 9.88 Å². The van der Waals surface area contributed by atoms with Crippen LogP contribution >= 0.6 is 11.8 Å². The van der Waals surface area contributed by atoms with E-state index < -0.39 is 9.84 Å². The first-order valence-corrected chi connectivity index (χ1v) is 11.3. The van der Waals surface area contributed by atoms with Gasteiger partial charge in [-0.15, -0.1) is 0 Å². The van der Waals surface area contributed by atoms with E-state index in [4.69, 9.17) is 0 Å². The van der Waals surface area contributed by atoms with Gasteiger partial charge in [0.15, 0.2) is 9.84 Å². The Bertz CT molecular complexity index is 682. The highest BCUT2D eigenvalue weighted by Gasteiger charge is 2.38. The smallest absolute Gasteiger partial charge is 0.233 e. The minimum atomic E-state index is -2.99. The van der Waals surface area contributed by atoms with Crippen LogP contribution in [0.15, 0.2) is 23.4 Å². The fourth-order valence-electron chi connectivity index (χ4n) is 3.63. The summed E-state index contributed by atoms with van der Waals surface area (Å²) in [5, 5.41) is 0.833. The molecule has 1 saturated heterocycles. The Labute approximate surface area is 148 Å². The molecule has 1 aromatic heterocycles. The molecule has 2 fully saturated rings. The summed E-state index contributed by atoms with van der Waals surface area (Å²) < 4.78 is 23.7. The van der Waals surface area contributed by atoms with Crippen LogP contribution in [0, 0.1) is 6.92 Å². The molecule has 24 heavy (non-hydrogen) atoms. The number of amides is 1. The quantitative estimate of drug-likeness (QED) is 0.747. The lowest BCUT2D eigenvalue weighted by atomic mass is 10.1. The van der Waals surface area contributed by atoms with Gasteiger partial charge >= 0.3 is 0 Å². The summed E-state index contributed by atoms with van der Waals surface area (Å²) in [6.07, 6.45) is 6.62. The second-order valence-corrected chi connectivity index (χ2v) is 9.98. The molecule has 1 saturated carbocycles. The Hall–Kier alpha value is -1.08. The van der Waals surface area contributed by atoms with Crippen molar-refractivity contribution in [2.24, 2.45) is 0 Å². The van der Waals surface area contributed by atoms with E-state index in [2.05, 4.69) is 4.98 Å². The summed E-state index contributed by atoms with van der Waals surface area (Å²) in [4.78, 5) is 19.1. The second-order valence-electron chi connectivity index (χ2n) is 6.76. The van der Waals surface area contributed by atoms with Gasteiger partial charge in [-0.2, -0.15) is 0 Å². The number of thioether (sulfide) groups is 1. The van der Waals surface area contributed by atoms with E-state index in [9.17, 15) is 13.2 Å². The highest BCUT2D eigenvalue weighted by Crippen LogP contribution is 2.30. The predicted molar refractivity (Wildman–Crippen MR) is 95.9 cm³/mol. The number of carbonyl (C=O) groups excluding carboxylic acids is 1. The monoisotopic (exact) mass is 368 g/mol. The van der Waals surface area contributed by atoms with Crippen LogP contribution in [0.5, 0.6) is 0 Å². The first kappa shape index (κ1) is 17.7. The molecule has 1 aliphatic heterocycles. The van der Waals surface area contributed by atoms with Gasteiger partial charge in [-0.25, -0.2) is 13.4 Å². The van der Waals surface area contributed by atoms with Crippen LogP contribution in [0.2, 0.25) is 0 Å². The molecule has 0 aromatic carbocycles. The Morgan fingerprint density at radius 2 is 2.00 bits per heavy atom. The summed E-state index contributed by atoms with van der Waals surface area (Å²) in [5.41, 5.74) is 1.09. The van der Waals surface area contributed by atoms with Crippen molar-refractivity contribution in [2.75, 3.05) is 17.3 Å². The van der Waals surface area contributed by atoms with Gasteiger partial charge in [0, 0.05) is 18.3 Å². The molecule has 1 amide bonds. The van der Waals surface area contributed by atoms with Crippen molar-refractivity contribution >= 4 is 27.5 Å². The van der Waals surface area contributed by atoms with Crippen LogP contribution in [-0.4, -0.2) is 53.6 Å². The number of pyridine rings is 1. The Balaban J connectivity index is 1.67. The molecule has 2 aliphatic rings. The Morgan fingerprint density at radius 3 is 2.58 bits per heavy atom. The number of nitrogens with zero attached hydrogens (tertiary/aromatic N) is 2. The Kier molecular flexibility index (Phi) is 5.49. The number of aromatic nitrogens is 1. The van der Waals surface area contributed by atoms with Crippen molar-refractivity contribution in [2.45, 2.75) is 56.1 Å². The van der Waals surface area contributed by atoms with Gasteiger partial charge in [0.05, 0.1) is 22.3 Å². The van der Waals surface area contributed by atoms with Crippen molar-refractivity contribution < 1.29 is 13.2 Å². The predicted octanol–water partition coefficient (Wildman–Crippen LogP) is 2.44. The van der Waals surface area contributed by atoms with E-state index in [1.54, 1.807) is 6.20 Å². The molecule has 2 heterocycles. The van der Waals surface area contributed by atoms with E-state index in [0.717, 1.165) is 36.3 Å². The summed E-state index contributed by atoms with van der Waals surface area (Å²) in [7, 11) is -2.99. The molecule has 0 bridgehead atoms. The molecular formula is C17H24N2O3S2. The minimum absolute atomic E-state index is 0.0522. The number of hydrogen-bond donors (Lipinski definition) is 0. The maximum Gasteiger partial charge on any atom is 0.233 e. The first-order chi connectivity index (χ1) is 11.4. The number of aryl methyl sites for hydroxylation is 1. The minimum Gasteiger partial charge on any atom is -0.335 e. The standard InChI is InChI=1S/C17H24N2O3S2/c1-13-6-7-16(18-10-13)23-11-17(20)19(14-4-2-3-5-14)15-8-9-24(21,22)12-15/h6-7,10,14-15H,2-5,8-9,11-12H2,1H3.